The fraction of sp³-hybridized carbons (Fsp3) is 0.643. The number of carboxylic acid groups (broad SMARTS) is 1. The van der Waals surface area contributed by atoms with Gasteiger partial charge in [0.1, 0.15) is 17.7 Å². The third kappa shape index (κ3) is 7.41. The van der Waals surface area contributed by atoms with Gasteiger partial charge in [-0.05, 0) is 18.8 Å². The van der Waals surface area contributed by atoms with Gasteiger partial charge in [0.2, 0.25) is 0 Å². The van der Waals surface area contributed by atoms with E-state index < -0.39 is 17.9 Å². The molecule has 1 unspecified atom stereocenters. The van der Waals surface area contributed by atoms with E-state index in [1.54, 1.807) is 6.07 Å². The zero-order chi connectivity index (χ0) is 15.5. The average Bonchev–Trinajstić information content (AvgIpc) is 2.37. The van der Waals surface area contributed by atoms with E-state index in [-0.39, 0.29) is 11.5 Å². The molecular weight excluding hydrogens is 258 g/mol. The maximum absolute atomic E-state index is 11.7. The molecule has 3 N–H and O–H groups in total. The van der Waals surface area contributed by atoms with Crippen molar-refractivity contribution < 1.29 is 14.7 Å². The molecule has 1 atom stereocenters. The van der Waals surface area contributed by atoms with Gasteiger partial charge in [0.05, 0.1) is 0 Å². The van der Waals surface area contributed by atoms with Gasteiger partial charge in [-0.2, -0.15) is 5.26 Å². The number of rotatable bonds is 9. The zero-order valence-corrected chi connectivity index (χ0v) is 12.3. The maximum atomic E-state index is 11.7. The van der Waals surface area contributed by atoms with Crippen LogP contribution < -0.4 is 10.6 Å². The zero-order valence-electron chi connectivity index (χ0n) is 12.3. The van der Waals surface area contributed by atoms with Gasteiger partial charge in [-0.3, -0.25) is 4.79 Å². The van der Waals surface area contributed by atoms with Crippen LogP contribution in [0.3, 0.4) is 0 Å². The molecule has 0 saturated heterocycles. The monoisotopic (exact) mass is 281 g/mol. The topological polar surface area (TPSA) is 102 Å². The van der Waals surface area contributed by atoms with Crippen molar-refractivity contribution in [1.29, 1.82) is 5.26 Å². The van der Waals surface area contributed by atoms with E-state index in [2.05, 4.69) is 10.6 Å². The number of nitrogens with one attached hydrogen (secondary N) is 2. The number of carbonyl (C=O) groups is 2. The lowest BCUT2D eigenvalue weighted by Crippen LogP contribution is -2.35. The number of aliphatic carboxylic acids is 1. The summed E-state index contributed by atoms with van der Waals surface area (Å²) in [4.78, 5) is 22.7. The van der Waals surface area contributed by atoms with Crippen LogP contribution in [-0.2, 0) is 9.59 Å². The van der Waals surface area contributed by atoms with Gasteiger partial charge < -0.3 is 15.7 Å². The fourth-order valence-corrected chi connectivity index (χ4v) is 1.52. The predicted molar refractivity (Wildman–Crippen MR) is 75.6 cm³/mol. The lowest BCUT2D eigenvalue weighted by molar-refractivity contribution is -0.139. The average molecular weight is 281 g/mol. The molecule has 0 bridgehead atoms. The van der Waals surface area contributed by atoms with E-state index in [9.17, 15) is 9.59 Å². The number of unbranched alkanes of at least 4 members (excludes halogenated alkanes) is 1. The molecule has 0 aliphatic carbocycles. The van der Waals surface area contributed by atoms with E-state index in [4.69, 9.17) is 10.4 Å². The Labute approximate surface area is 119 Å². The van der Waals surface area contributed by atoms with E-state index in [1.807, 2.05) is 20.8 Å². The highest BCUT2D eigenvalue weighted by molar-refractivity contribution is 5.97. The van der Waals surface area contributed by atoms with Crippen LogP contribution >= 0.6 is 0 Å². The van der Waals surface area contributed by atoms with Gasteiger partial charge in [0.15, 0.2) is 0 Å². The summed E-state index contributed by atoms with van der Waals surface area (Å²) in [5, 5.41) is 23.2. The van der Waals surface area contributed by atoms with Crippen LogP contribution in [0.1, 0.15) is 40.0 Å². The fourth-order valence-electron chi connectivity index (χ4n) is 1.52. The van der Waals surface area contributed by atoms with Crippen LogP contribution in [0, 0.1) is 17.2 Å². The van der Waals surface area contributed by atoms with E-state index in [1.165, 1.54) is 6.20 Å². The van der Waals surface area contributed by atoms with Crippen molar-refractivity contribution in [3.8, 4) is 6.07 Å². The first-order valence-corrected chi connectivity index (χ1v) is 6.79. The Morgan fingerprint density at radius 3 is 2.50 bits per heavy atom. The third-order valence-electron chi connectivity index (χ3n) is 2.62. The second kappa shape index (κ2) is 9.84. The first-order valence-electron chi connectivity index (χ1n) is 6.79. The molecule has 0 rings (SSSR count). The second-order valence-corrected chi connectivity index (χ2v) is 4.97. The third-order valence-corrected chi connectivity index (χ3v) is 2.62. The Morgan fingerprint density at radius 2 is 2.05 bits per heavy atom. The Balaban J connectivity index is 4.59. The molecule has 6 heteroatoms. The number of nitriles is 1. The normalized spacial score (nSPS) is 12.7. The molecule has 0 aromatic carbocycles. The summed E-state index contributed by atoms with van der Waals surface area (Å²) in [7, 11) is 0. The van der Waals surface area contributed by atoms with Gasteiger partial charge in [0, 0.05) is 12.7 Å². The summed E-state index contributed by atoms with van der Waals surface area (Å²) in [5.74, 6) is -1.29. The highest BCUT2D eigenvalue weighted by atomic mass is 16.4. The summed E-state index contributed by atoms with van der Waals surface area (Å²) in [5.41, 5.74) is -0.115. The van der Waals surface area contributed by atoms with Gasteiger partial charge >= 0.3 is 5.97 Å². The molecule has 0 spiro atoms. The standard InChI is InChI=1S/C14H23N3O3/c1-4-5-6-16-13(18)11(8-15)9-17-12(14(19)20)7-10(2)3/h9-10,12,17H,4-7H2,1-3H3,(H,16,18)(H,19,20)/b11-9-. The maximum Gasteiger partial charge on any atom is 0.326 e. The van der Waals surface area contributed by atoms with Crippen molar-refractivity contribution in [3.05, 3.63) is 11.8 Å². The van der Waals surface area contributed by atoms with E-state index in [0.717, 1.165) is 12.8 Å². The predicted octanol–water partition coefficient (Wildman–Crippen LogP) is 1.40. The van der Waals surface area contributed by atoms with Crippen molar-refractivity contribution in [2.75, 3.05) is 6.54 Å². The SMILES string of the molecule is CCCCNC(=O)/C(C#N)=C\NC(CC(C)C)C(=O)O. The number of amides is 1. The molecule has 0 aliphatic rings. The summed E-state index contributed by atoms with van der Waals surface area (Å²) in [6, 6.07) is 0.966. The van der Waals surface area contributed by atoms with E-state index in [0.29, 0.717) is 13.0 Å². The summed E-state index contributed by atoms with van der Waals surface area (Å²) in [6.07, 6.45) is 3.38. The van der Waals surface area contributed by atoms with Crippen LogP contribution in [0.2, 0.25) is 0 Å². The number of carboxylic acids is 1. The number of hydrogen-bond acceptors (Lipinski definition) is 4. The smallest absolute Gasteiger partial charge is 0.326 e. The Bertz CT molecular complexity index is 397. The lowest BCUT2D eigenvalue weighted by atomic mass is 10.0. The Morgan fingerprint density at radius 1 is 1.40 bits per heavy atom. The Hall–Kier alpha value is -2.03. The van der Waals surface area contributed by atoms with Gasteiger partial charge in [-0.25, -0.2) is 4.79 Å². The number of nitrogens with zero attached hydrogens (tertiary/aromatic N) is 1. The van der Waals surface area contributed by atoms with Gasteiger partial charge in [-0.1, -0.05) is 27.2 Å². The van der Waals surface area contributed by atoms with E-state index >= 15 is 0 Å². The molecule has 0 fully saturated rings. The van der Waals surface area contributed by atoms with Crippen LogP contribution in [0.5, 0.6) is 0 Å². The molecule has 20 heavy (non-hydrogen) atoms. The first kappa shape index (κ1) is 18.0. The molecule has 1 amide bonds. The van der Waals surface area contributed by atoms with Crippen LogP contribution in [-0.4, -0.2) is 29.6 Å². The Kier molecular flexibility index (Phi) is 8.84. The number of hydrogen-bond donors (Lipinski definition) is 3. The van der Waals surface area contributed by atoms with Gasteiger partial charge in [0.25, 0.3) is 5.91 Å². The number of carbonyl (C=O) groups excluding carboxylic acids is 1. The summed E-state index contributed by atoms with van der Waals surface area (Å²) < 4.78 is 0. The molecule has 6 nitrogen and oxygen atoms in total. The molecule has 0 radical (unpaired) electrons. The van der Waals surface area contributed by atoms with Crippen molar-refractivity contribution >= 4 is 11.9 Å². The minimum Gasteiger partial charge on any atom is -0.480 e. The highest BCUT2D eigenvalue weighted by Gasteiger charge is 2.18. The quantitative estimate of drug-likeness (QED) is 0.337. The molecular formula is C14H23N3O3. The largest absolute Gasteiger partial charge is 0.480 e. The lowest BCUT2D eigenvalue weighted by Gasteiger charge is -2.15. The van der Waals surface area contributed by atoms with Crippen LogP contribution in [0.15, 0.2) is 11.8 Å². The minimum atomic E-state index is -1.00. The van der Waals surface area contributed by atoms with Crippen molar-refractivity contribution in [2.45, 2.75) is 46.1 Å². The minimum absolute atomic E-state index is 0.115. The summed E-state index contributed by atoms with van der Waals surface area (Å²) in [6.45, 7) is 6.31. The van der Waals surface area contributed by atoms with Crippen molar-refractivity contribution in [3.63, 3.8) is 0 Å². The van der Waals surface area contributed by atoms with Gasteiger partial charge in [-0.15, -0.1) is 0 Å². The van der Waals surface area contributed by atoms with Crippen LogP contribution in [0.4, 0.5) is 0 Å². The molecule has 0 aromatic heterocycles. The molecule has 0 heterocycles. The molecule has 0 aromatic rings. The highest BCUT2D eigenvalue weighted by Crippen LogP contribution is 2.05. The molecule has 112 valence electrons. The molecule has 0 aliphatic heterocycles. The first-order chi connectivity index (χ1) is 9.42. The van der Waals surface area contributed by atoms with Crippen molar-refractivity contribution in [1.82, 2.24) is 10.6 Å². The molecule has 0 saturated carbocycles. The van der Waals surface area contributed by atoms with Crippen LogP contribution in [0.25, 0.3) is 0 Å². The van der Waals surface area contributed by atoms with Crippen molar-refractivity contribution in [2.24, 2.45) is 5.92 Å². The summed E-state index contributed by atoms with van der Waals surface area (Å²) >= 11 is 0. The second-order valence-electron chi connectivity index (χ2n) is 4.97.